The normalized spacial score (nSPS) is 14.3. The van der Waals surface area contributed by atoms with E-state index in [9.17, 15) is 13.2 Å². The molecule has 0 saturated carbocycles. The highest BCUT2D eigenvalue weighted by molar-refractivity contribution is 4.77. The van der Waals surface area contributed by atoms with Crippen molar-refractivity contribution in [3.8, 4) is 6.07 Å². The van der Waals surface area contributed by atoms with Gasteiger partial charge in [0.2, 0.25) is 0 Å². The van der Waals surface area contributed by atoms with Crippen LogP contribution in [-0.4, -0.2) is 12.2 Å². The number of nitrogens with two attached hydrogens (primary N) is 1. The molecule has 0 fully saturated rings. The Morgan fingerprint density at radius 1 is 1.50 bits per heavy atom. The summed E-state index contributed by atoms with van der Waals surface area (Å²) in [5.74, 6) is 0. The zero-order chi connectivity index (χ0) is 8.20. The first kappa shape index (κ1) is 9.24. The molecule has 0 amide bonds. The van der Waals surface area contributed by atoms with E-state index < -0.39 is 12.2 Å². The quantitative estimate of drug-likeness (QED) is 0.645. The number of hydrogen-bond donors (Lipinski definition) is 1. The van der Waals surface area contributed by atoms with Crippen molar-refractivity contribution < 1.29 is 13.2 Å². The minimum atomic E-state index is -4.36. The van der Waals surface area contributed by atoms with Crippen LogP contribution < -0.4 is 5.73 Å². The molecule has 0 aromatic rings. The molecule has 5 heteroatoms. The first-order valence-electron chi connectivity index (χ1n) is 2.67. The third kappa shape index (κ3) is 3.30. The van der Waals surface area contributed by atoms with Crippen LogP contribution in [0.2, 0.25) is 0 Å². The molecule has 0 aliphatic rings. The van der Waals surface area contributed by atoms with Gasteiger partial charge >= 0.3 is 6.18 Å². The number of nitrogens with zero attached hydrogens (tertiary/aromatic N) is 1. The van der Waals surface area contributed by atoms with Crippen LogP contribution in [0.3, 0.4) is 0 Å². The van der Waals surface area contributed by atoms with Crippen LogP contribution in [0.5, 0.6) is 0 Å². The fourth-order valence-corrected chi connectivity index (χ4v) is 0.384. The van der Waals surface area contributed by atoms with E-state index in [0.717, 1.165) is 0 Å². The van der Waals surface area contributed by atoms with Crippen molar-refractivity contribution >= 4 is 0 Å². The molecule has 1 atom stereocenters. The molecular formula is C5H7F3N2. The molecule has 0 aromatic heterocycles. The predicted molar refractivity (Wildman–Crippen MR) is 28.9 cm³/mol. The van der Waals surface area contributed by atoms with Gasteiger partial charge in [0.25, 0.3) is 0 Å². The van der Waals surface area contributed by atoms with E-state index in [-0.39, 0.29) is 12.8 Å². The largest absolute Gasteiger partial charge is 0.403 e. The summed E-state index contributed by atoms with van der Waals surface area (Å²) in [6.45, 7) is 0. The second kappa shape index (κ2) is 3.42. The second-order valence-electron chi connectivity index (χ2n) is 1.84. The summed E-state index contributed by atoms with van der Waals surface area (Å²) >= 11 is 0. The van der Waals surface area contributed by atoms with Crippen LogP contribution in [0.25, 0.3) is 0 Å². The van der Waals surface area contributed by atoms with Crippen LogP contribution in [0.4, 0.5) is 13.2 Å². The molecule has 0 aromatic carbocycles. The Bertz CT molecular complexity index is 135. The average Bonchev–Trinajstić information content (AvgIpc) is 1.80. The number of halogens is 3. The molecule has 0 saturated heterocycles. The Morgan fingerprint density at radius 2 is 2.00 bits per heavy atom. The number of nitriles is 1. The van der Waals surface area contributed by atoms with Crippen molar-refractivity contribution in [1.82, 2.24) is 0 Å². The van der Waals surface area contributed by atoms with Crippen LogP contribution in [0, 0.1) is 11.3 Å². The lowest BCUT2D eigenvalue weighted by Crippen LogP contribution is -2.36. The smallest absolute Gasteiger partial charge is 0.320 e. The van der Waals surface area contributed by atoms with E-state index in [2.05, 4.69) is 5.73 Å². The third-order valence-electron chi connectivity index (χ3n) is 0.988. The monoisotopic (exact) mass is 152 g/mol. The number of alkyl halides is 3. The van der Waals surface area contributed by atoms with Crippen LogP contribution in [-0.2, 0) is 0 Å². The van der Waals surface area contributed by atoms with Gasteiger partial charge in [-0.1, -0.05) is 0 Å². The van der Waals surface area contributed by atoms with Gasteiger partial charge < -0.3 is 5.73 Å². The summed E-state index contributed by atoms with van der Waals surface area (Å²) in [5.41, 5.74) is 4.66. The van der Waals surface area contributed by atoms with E-state index in [1.165, 1.54) is 0 Å². The van der Waals surface area contributed by atoms with Crippen LogP contribution in [0.1, 0.15) is 12.8 Å². The Morgan fingerprint density at radius 3 is 2.30 bits per heavy atom. The molecule has 0 rings (SSSR count). The van der Waals surface area contributed by atoms with Crippen molar-refractivity contribution in [1.29, 1.82) is 5.26 Å². The highest BCUT2D eigenvalue weighted by atomic mass is 19.4. The number of rotatable bonds is 2. The van der Waals surface area contributed by atoms with Gasteiger partial charge in [-0.2, -0.15) is 18.4 Å². The fourth-order valence-electron chi connectivity index (χ4n) is 0.384. The van der Waals surface area contributed by atoms with Gasteiger partial charge in [-0.3, -0.25) is 0 Å². The Kier molecular flexibility index (Phi) is 3.16. The van der Waals surface area contributed by atoms with E-state index in [4.69, 9.17) is 5.26 Å². The topological polar surface area (TPSA) is 49.8 Å². The summed E-state index contributed by atoms with van der Waals surface area (Å²) in [4.78, 5) is 0. The molecular weight excluding hydrogens is 145 g/mol. The average molecular weight is 152 g/mol. The van der Waals surface area contributed by atoms with Crippen molar-refractivity contribution in [3.63, 3.8) is 0 Å². The summed E-state index contributed by atoms with van der Waals surface area (Å²) in [6.07, 6.45) is -4.84. The minimum absolute atomic E-state index is 0.152. The Hall–Kier alpha value is -0.760. The van der Waals surface area contributed by atoms with Crippen molar-refractivity contribution in [2.75, 3.05) is 0 Å². The molecule has 0 heterocycles. The molecule has 0 spiro atoms. The molecule has 0 radical (unpaired) electrons. The van der Waals surface area contributed by atoms with E-state index >= 15 is 0 Å². The molecule has 10 heavy (non-hydrogen) atoms. The summed E-state index contributed by atoms with van der Waals surface area (Å²) < 4.78 is 34.6. The highest BCUT2D eigenvalue weighted by Gasteiger charge is 2.35. The van der Waals surface area contributed by atoms with Gasteiger partial charge in [0, 0.05) is 6.42 Å². The SMILES string of the molecule is N#CCCC(N)C(F)(F)F. The van der Waals surface area contributed by atoms with Crippen molar-refractivity contribution in [2.45, 2.75) is 25.1 Å². The van der Waals surface area contributed by atoms with Gasteiger partial charge in [0.05, 0.1) is 6.07 Å². The molecule has 2 nitrogen and oxygen atoms in total. The van der Waals surface area contributed by atoms with E-state index in [0.29, 0.717) is 0 Å². The summed E-state index contributed by atoms with van der Waals surface area (Å²) in [7, 11) is 0. The lowest BCUT2D eigenvalue weighted by Gasteiger charge is -2.12. The summed E-state index contributed by atoms with van der Waals surface area (Å²) in [6, 6.07) is -0.264. The zero-order valence-corrected chi connectivity index (χ0v) is 5.15. The van der Waals surface area contributed by atoms with E-state index in [1.807, 2.05) is 0 Å². The lowest BCUT2D eigenvalue weighted by atomic mass is 10.2. The van der Waals surface area contributed by atoms with Gasteiger partial charge in [0.1, 0.15) is 6.04 Å². The van der Waals surface area contributed by atoms with Gasteiger partial charge in [-0.05, 0) is 6.42 Å². The van der Waals surface area contributed by atoms with Crippen molar-refractivity contribution in [2.24, 2.45) is 5.73 Å². The third-order valence-corrected chi connectivity index (χ3v) is 0.988. The Balaban J connectivity index is 3.65. The van der Waals surface area contributed by atoms with Crippen molar-refractivity contribution in [3.05, 3.63) is 0 Å². The minimum Gasteiger partial charge on any atom is -0.320 e. The first-order chi connectivity index (χ1) is 4.48. The molecule has 0 bridgehead atoms. The molecule has 2 N–H and O–H groups in total. The maximum Gasteiger partial charge on any atom is 0.403 e. The van der Waals surface area contributed by atoms with Gasteiger partial charge in [0.15, 0.2) is 0 Å². The van der Waals surface area contributed by atoms with Gasteiger partial charge in [-0.15, -0.1) is 0 Å². The van der Waals surface area contributed by atoms with Gasteiger partial charge in [-0.25, -0.2) is 0 Å². The standard InChI is InChI=1S/C5H7F3N2/c6-5(7,8)4(10)2-1-3-9/h4H,1-2,10H2. The zero-order valence-electron chi connectivity index (χ0n) is 5.15. The second-order valence-corrected chi connectivity index (χ2v) is 1.84. The molecule has 0 aliphatic carbocycles. The molecule has 0 aliphatic heterocycles. The van der Waals surface area contributed by atoms with E-state index in [1.54, 1.807) is 6.07 Å². The maximum atomic E-state index is 11.5. The van der Waals surface area contributed by atoms with Crippen LogP contribution >= 0.6 is 0 Å². The molecule has 1 unspecified atom stereocenters. The molecule has 58 valence electrons. The lowest BCUT2D eigenvalue weighted by molar-refractivity contribution is -0.148. The maximum absolute atomic E-state index is 11.5. The Labute approximate surface area is 56.4 Å². The highest BCUT2D eigenvalue weighted by Crippen LogP contribution is 2.20. The predicted octanol–water partition coefficient (Wildman–Crippen LogP) is 1.18. The number of hydrogen-bond acceptors (Lipinski definition) is 2. The first-order valence-corrected chi connectivity index (χ1v) is 2.67. The summed E-state index contributed by atoms with van der Waals surface area (Å²) in [5, 5.41) is 7.91. The fraction of sp³-hybridized carbons (Fsp3) is 0.800. The van der Waals surface area contributed by atoms with Crippen LogP contribution in [0.15, 0.2) is 0 Å².